The van der Waals surface area contributed by atoms with Crippen LogP contribution in [0.5, 0.6) is 0 Å². The maximum atomic E-state index is 12.8. The first-order valence-electron chi connectivity index (χ1n) is 9.34. The standard InChI is InChI=1S/C24H24N4O/c1-27(2)18-24-26-13-14-28(24)22-11-6-9-20(16-22)17-23(29)21-10-5-8-19(15-21)7-3-4-12-25/h4-6,8-16H,17-18,25H2,1-2H3/b12-4+. The summed E-state index contributed by atoms with van der Waals surface area (Å²) >= 11 is 0. The summed E-state index contributed by atoms with van der Waals surface area (Å²) in [4.78, 5) is 19.3. The van der Waals surface area contributed by atoms with Crippen molar-refractivity contribution >= 4 is 5.78 Å². The molecule has 0 saturated heterocycles. The molecule has 0 fully saturated rings. The number of hydrogen-bond acceptors (Lipinski definition) is 4. The second kappa shape index (κ2) is 9.54. The van der Waals surface area contributed by atoms with Crippen molar-refractivity contribution in [2.45, 2.75) is 13.0 Å². The van der Waals surface area contributed by atoms with Crippen molar-refractivity contribution < 1.29 is 4.79 Å². The summed E-state index contributed by atoms with van der Waals surface area (Å²) in [5.74, 6) is 6.81. The highest BCUT2D eigenvalue weighted by molar-refractivity contribution is 5.97. The number of ketones is 1. The minimum atomic E-state index is 0.0549. The van der Waals surface area contributed by atoms with Gasteiger partial charge in [-0.1, -0.05) is 36.1 Å². The highest BCUT2D eigenvalue weighted by Gasteiger charge is 2.10. The van der Waals surface area contributed by atoms with E-state index in [0.29, 0.717) is 12.0 Å². The Morgan fingerprint density at radius 3 is 2.83 bits per heavy atom. The fraction of sp³-hybridized carbons (Fsp3) is 0.167. The third-order valence-corrected chi connectivity index (χ3v) is 4.31. The zero-order valence-corrected chi connectivity index (χ0v) is 16.7. The molecule has 0 aliphatic carbocycles. The number of allylic oxidation sites excluding steroid dienone is 1. The molecule has 0 aliphatic heterocycles. The van der Waals surface area contributed by atoms with Gasteiger partial charge in [0, 0.05) is 47.9 Å². The molecule has 2 aromatic carbocycles. The first kappa shape index (κ1) is 20.1. The Kier molecular flexibility index (Phi) is 6.62. The number of aromatic nitrogens is 2. The fourth-order valence-corrected chi connectivity index (χ4v) is 3.02. The average molecular weight is 384 g/mol. The lowest BCUT2D eigenvalue weighted by Crippen LogP contribution is -2.15. The molecule has 0 atom stereocenters. The lowest BCUT2D eigenvalue weighted by atomic mass is 10.0. The van der Waals surface area contributed by atoms with Crippen LogP contribution in [-0.4, -0.2) is 34.3 Å². The van der Waals surface area contributed by atoms with Crippen LogP contribution in [-0.2, 0) is 13.0 Å². The van der Waals surface area contributed by atoms with Crippen LogP contribution in [0, 0.1) is 11.8 Å². The van der Waals surface area contributed by atoms with E-state index in [9.17, 15) is 4.79 Å². The number of rotatable bonds is 6. The van der Waals surface area contributed by atoms with Gasteiger partial charge in [-0.25, -0.2) is 4.98 Å². The van der Waals surface area contributed by atoms with Crippen LogP contribution in [0.25, 0.3) is 5.69 Å². The van der Waals surface area contributed by atoms with Crippen LogP contribution in [0.2, 0.25) is 0 Å². The van der Waals surface area contributed by atoms with Crippen molar-refractivity contribution in [1.82, 2.24) is 14.5 Å². The molecule has 3 aromatic rings. The molecule has 0 radical (unpaired) electrons. The van der Waals surface area contributed by atoms with Crippen LogP contribution in [0.4, 0.5) is 0 Å². The van der Waals surface area contributed by atoms with E-state index in [1.165, 1.54) is 6.20 Å². The highest BCUT2D eigenvalue weighted by Crippen LogP contribution is 2.16. The smallest absolute Gasteiger partial charge is 0.167 e. The van der Waals surface area contributed by atoms with Gasteiger partial charge in [-0.2, -0.15) is 0 Å². The second-order valence-corrected chi connectivity index (χ2v) is 6.93. The van der Waals surface area contributed by atoms with Gasteiger partial charge in [0.2, 0.25) is 0 Å². The molecule has 0 amide bonds. The van der Waals surface area contributed by atoms with Gasteiger partial charge in [-0.3, -0.25) is 4.79 Å². The predicted molar refractivity (Wildman–Crippen MR) is 116 cm³/mol. The summed E-state index contributed by atoms with van der Waals surface area (Å²) in [6, 6.07) is 15.4. The Bertz CT molecular complexity index is 1080. The third kappa shape index (κ3) is 5.44. The highest BCUT2D eigenvalue weighted by atomic mass is 16.1. The van der Waals surface area contributed by atoms with E-state index in [1.54, 1.807) is 12.3 Å². The summed E-state index contributed by atoms with van der Waals surface area (Å²) in [5.41, 5.74) is 8.68. The number of Topliss-reactive ketones (excluding diaryl/α,β-unsaturated/α-hetero) is 1. The van der Waals surface area contributed by atoms with E-state index in [2.05, 4.69) is 26.3 Å². The monoisotopic (exact) mass is 384 g/mol. The number of nitrogens with zero attached hydrogens (tertiary/aromatic N) is 3. The topological polar surface area (TPSA) is 64.2 Å². The van der Waals surface area contributed by atoms with Gasteiger partial charge in [-0.15, -0.1) is 0 Å². The van der Waals surface area contributed by atoms with Gasteiger partial charge >= 0.3 is 0 Å². The lowest BCUT2D eigenvalue weighted by molar-refractivity contribution is 0.0993. The van der Waals surface area contributed by atoms with E-state index in [4.69, 9.17) is 5.73 Å². The maximum absolute atomic E-state index is 12.8. The molecular weight excluding hydrogens is 360 g/mol. The molecule has 2 N–H and O–H groups in total. The van der Waals surface area contributed by atoms with Crippen LogP contribution in [0.1, 0.15) is 27.3 Å². The minimum absolute atomic E-state index is 0.0549. The van der Waals surface area contributed by atoms with Crippen LogP contribution in [0.3, 0.4) is 0 Å². The number of nitrogens with two attached hydrogens (primary N) is 1. The number of carbonyl (C=O) groups is 1. The molecule has 0 aliphatic rings. The fourth-order valence-electron chi connectivity index (χ4n) is 3.02. The number of carbonyl (C=O) groups excluding carboxylic acids is 1. The molecule has 3 rings (SSSR count). The molecule has 1 heterocycles. The molecule has 0 saturated carbocycles. The average Bonchev–Trinajstić information content (AvgIpc) is 3.16. The van der Waals surface area contributed by atoms with E-state index < -0.39 is 0 Å². The van der Waals surface area contributed by atoms with E-state index in [0.717, 1.165) is 29.2 Å². The number of hydrogen-bond donors (Lipinski definition) is 1. The number of imidazole rings is 1. The Hall–Kier alpha value is -3.62. The Morgan fingerprint density at radius 2 is 2.03 bits per heavy atom. The molecule has 1 aromatic heterocycles. The summed E-state index contributed by atoms with van der Waals surface area (Å²) in [5, 5.41) is 0. The summed E-state index contributed by atoms with van der Waals surface area (Å²) in [6.07, 6.45) is 7.02. The van der Waals surface area contributed by atoms with Crippen molar-refractivity contribution in [2.24, 2.45) is 5.73 Å². The minimum Gasteiger partial charge on any atom is -0.404 e. The largest absolute Gasteiger partial charge is 0.404 e. The van der Waals surface area contributed by atoms with Gasteiger partial charge < -0.3 is 15.2 Å². The Labute approximate surface area is 171 Å². The first-order chi connectivity index (χ1) is 14.1. The summed E-state index contributed by atoms with van der Waals surface area (Å²) in [7, 11) is 4.03. The quantitative estimate of drug-likeness (QED) is 0.524. The molecule has 5 nitrogen and oxygen atoms in total. The molecule has 5 heteroatoms. The second-order valence-electron chi connectivity index (χ2n) is 6.93. The van der Waals surface area contributed by atoms with E-state index >= 15 is 0 Å². The van der Waals surface area contributed by atoms with E-state index in [-0.39, 0.29) is 5.78 Å². The zero-order valence-electron chi connectivity index (χ0n) is 16.7. The summed E-state index contributed by atoms with van der Waals surface area (Å²) in [6.45, 7) is 0.739. The third-order valence-electron chi connectivity index (χ3n) is 4.31. The Balaban J connectivity index is 1.79. The van der Waals surface area contributed by atoms with Crippen molar-refractivity contribution in [3.05, 3.63) is 95.7 Å². The van der Waals surface area contributed by atoms with Gasteiger partial charge in [0.1, 0.15) is 5.82 Å². The zero-order chi connectivity index (χ0) is 20.6. The normalized spacial score (nSPS) is 10.9. The van der Waals surface area contributed by atoms with Crippen molar-refractivity contribution in [3.63, 3.8) is 0 Å². The molecule has 146 valence electrons. The van der Waals surface area contributed by atoms with Crippen LogP contribution >= 0.6 is 0 Å². The van der Waals surface area contributed by atoms with Gasteiger partial charge in [0.15, 0.2) is 5.78 Å². The Morgan fingerprint density at radius 1 is 1.21 bits per heavy atom. The van der Waals surface area contributed by atoms with Gasteiger partial charge in [-0.05, 0) is 43.9 Å². The maximum Gasteiger partial charge on any atom is 0.167 e. The SMILES string of the molecule is CN(C)Cc1nccn1-c1cccc(CC(=O)c2cccc(C#C/C=C/N)c2)c1. The molecule has 0 bridgehead atoms. The van der Waals surface area contributed by atoms with Crippen LogP contribution in [0.15, 0.2) is 73.2 Å². The molecule has 0 unspecified atom stereocenters. The number of benzene rings is 2. The first-order valence-corrected chi connectivity index (χ1v) is 9.34. The van der Waals surface area contributed by atoms with Crippen LogP contribution < -0.4 is 5.73 Å². The summed E-state index contributed by atoms with van der Waals surface area (Å²) < 4.78 is 2.05. The van der Waals surface area contributed by atoms with Crippen molar-refractivity contribution in [3.8, 4) is 17.5 Å². The molecule has 0 spiro atoms. The molecular formula is C24H24N4O. The molecule has 29 heavy (non-hydrogen) atoms. The van der Waals surface area contributed by atoms with Crippen molar-refractivity contribution in [2.75, 3.05) is 14.1 Å². The van der Waals surface area contributed by atoms with Gasteiger partial charge in [0.25, 0.3) is 0 Å². The van der Waals surface area contributed by atoms with Gasteiger partial charge in [0.05, 0.1) is 6.54 Å². The predicted octanol–water partition coefficient (Wildman–Crippen LogP) is 3.18. The van der Waals surface area contributed by atoms with E-state index in [1.807, 2.05) is 68.8 Å². The lowest BCUT2D eigenvalue weighted by Gasteiger charge is -2.13. The van der Waals surface area contributed by atoms with Crippen molar-refractivity contribution in [1.29, 1.82) is 0 Å².